The van der Waals surface area contributed by atoms with Crippen LogP contribution in [-0.2, 0) is 16.0 Å². The van der Waals surface area contributed by atoms with Crippen LogP contribution in [0.25, 0.3) is 0 Å². The molecule has 1 aliphatic heterocycles. The van der Waals surface area contributed by atoms with E-state index in [-0.39, 0.29) is 6.10 Å². The summed E-state index contributed by atoms with van der Waals surface area (Å²) >= 11 is 0. The molecule has 80 valence electrons. The first kappa shape index (κ1) is 10.4. The number of carbonyl (C=O) groups is 1. The van der Waals surface area contributed by atoms with Crippen LogP contribution in [0.3, 0.4) is 0 Å². The largest absolute Gasteiger partial charge is 0.364 e. The standard InChI is InChI=1S/C13H16O2/c1-9(2)12-13(15-12)11-5-3-10(4-6-11)7-8-14/h3-6,8-9,12-13H,7H2,1-2H3/t12-,13-/m1/s1. The van der Waals surface area contributed by atoms with E-state index in [1.807, 2.05) is 12.1 Å². The van der Waals surface area contributed by atoms with Crippen molar-refractivity contribution in [2.45, 2.75) is 32.5 Å². The first-order valence-electron chi connectivity index (χ1n) is 5.40. The van der Waals surface area contributed by atoms with E-state index >= 15 is 0 Å². The number of hydrogen-bond acceptors (Lipinski definition) is 2. The molecule has 2 heteroatoms. The Balaban J connectivity index is 2.02. The van der Waals surface area contributed by atoms with Gasteiger partial charge >= 0.3 is 0 Å². The molecule has 2 rings (SSSR count). The molecular formula is C13H16O2. The Morgan fingerprint density at radius 2 is 2.00 bits per heavy atom. The summed E-state index contributed by atoms with van der Waals surface area (Å²) in [4.78, 5) is 10.3. The molecule has 0 spiro atoms. The number of hydrogen-bond donors (Lipinski definition) is 0. The quantitative estimate of drug-likeness (QED) is 0.557. The molecule has 1 aliphatic rings. The third kappa shape index (κ3) is 2.26. The van der Waals surface area contributed by atoms with E-state index in [9.17, 15) is 4.79 Å². The lowest BCUT2D eigenvalue weighted by atomic mass is 10.0. The van der Waals surface area contributed by atoms with Crippen molar-refractivity contribution in [3.8, 4) is 0 Å². The van der Waals surface area contributed by atoms with Gasteiger partial charge in [0.1, 0.15) is 12.4 Å². The van der Waals surface area contributed by atoms with Crippen molar-refractivity contribution in [2.75, 3.05) is 0 Å². The van der Waals surface area contributed by atoms with Crippen LogP contribution in [0.1, 0.15) is 31.1 Å². The fourth-order valence-electron chi connectivity index (χ4n) is 1.84. The highest BCUT2D eigenvalue weighted by atomic mass is 16.6. The van der Waals surface area contributed by atoms with Gasteiger partial charge in [-0.05, 0) is 17.0 Å². The number of benzene rings is 1. The summed E-state index contributed by atoms with van der Waals surface area (Å²) in [6.07, 6.45) is 2.08. The van der Waals surface area contributed by atoms with Crippen LogP contribution in [-0.4, -0.2) is 12.4 Å². The minimum Gasteiger partial charge on any atom is -0.364 e. The maximum Gasteiger partial charge on any atom is 0.124 e. The summed E-state index contributed by atoms with van der Waals surface area (Å²) in [6.45, 7) is 4.34. The fourth-order valence-corrected chi connectivity index (χ4v) is 1.84. The number of ether oxygens (including phenoxy) is 1. The molecule has 1 saturated heterocycles. The van der Waals surface area contributed by atoms with Gasteiger partial charge in [0.25, 0.3) is 0 Å². The fraction of sp³-hybridized carbons (Fsp3) is 0.462. The van der Waals surface area contributed by atoms with Crippen LogP contribution >= 0.6 is 0 Å². The lowest BCUT2D eigenvalue weighted by Gasteiger charge is -2.00. The van der Waals surface area contributed by atoms with Gasteiger partial charge in [0, 0.05) is 6.42 Å². The zero-order valence-corrected chi connectivity index (χ0v) is 9.14. The van der Waals surface area contributed by atoms with Crippen molar-refractivity contribution in [1.82, 2.24) is 0 Å². The van der Waals surface area contributed by atoms with Crippen LogP contribution in [0.5, 0.6) is 0 Å². The summed E-state index contributed by atoms with van der Waals surface area (Å²) in [6, 6.07) is 8.13. The van der Waals surface area contributed by atoms with Gasteiger partial charge in [-0.15, -0.1) is 0 Å². The van der Waals surface area contributed by atoms with E-state index in [1.165, 1.54) is 5.56 Å². The Kier molecular flexibility index (Phi) is 2.87. The molecule has 0 N–H and O–H groups in total. The van der Waals surface area contributed by atoms with Crippen molar-refractivity contribution >= 4 is 6.29 Å². The highest BCUT2D eigenvalue weighted by Gasteiger charge is 2.41. The second-order valence-corrected chi connectivity index (χ2v) is 4.38. The number of rotatable bonds is 4. The van der Waals surface area contributed by atoms with Crippen LogP contribution in [0.4, 0.5) is 0 Å². The van der Waals surface area contributed by atoms with Crippen LogP contribution in [0.15, 0.2) is 24.3 Å². The number of aldehydes is 1. The van der Waals surface area contributed by atoms with Crippen molar-refractivity contribution in [3.05, 3.63) is 35.4 Å². The Bertz CT molecular complexity index is 340. The van der Waals surface area contributed by atoms with Crippen LogP contribution < -0.4 is 0 Å². The molecule has 1 heterocycles. The smallest absolute Gasteiger partial charge is 0.124 e. The molecule has 2 atom stereocenters. The summed E-state index contributed by atoms with van der Waals surface area (Å²) in [5, 5.41) is 0. The molecule has 0 aromatic heterocycles. The maximum absolute atomic E-state index is 10.3. The Morgan fingerprint density at radius 3 is 2.47 bits per heavy atom. The highest BCUT2D eigenvalue weighted by molar-refractivity contribution is 5.54. The topological polar surface area (TPSA) is 29.6 Å². The zero-order valence-electron chi connectivity index (χ0n) is 9.14. The van der Waals surface area contributed by atoms with E-state index in [4.69, 9.17) is 4.74 Å². The molecule has 0 bridgehead atoms. The van der Waals surface area contributed by atoms with Gasteiger partial charge in [-0.3, -0.25) is 0 Å². The maximum atomic E-state index is 10.3. The SMILES string of the molecule is CC(C)[C@H]1O[C@@H]1c1ccc(CC=O)cc1. The van der Waals surface area contributed by atoms with Crippen molar-refractivity contribution in [2.24, 2.45) is 5.92 Å². The average Bonchev–Trinajstić information content (AvgIpc) is 2.99. The average molecular weight is 204 g/mol. The van der Waals surface area contributed by atoms with Crippen molar-refractivity contribution < 1.29 is 9.53 Å². The number of carbonyl (C=O) groups excluding carboxylic acids is 1. The summed E-state index contributed by atoms with van der Waals surface area (Å²) < 4.78 is 5.59. The van der Waals surface area contributed by atoms with E-state index in [2.05, 4.69) is 26.0 Å². The first-order chi connectivity index (χ1) is 7.22. The summed E-state index contributed by atoms with van der Waals surface area (Å²) in [7, 11) is 0. The van der Waals surface area contributed by atoms with Gasteiger partial charge in [0.2, 0.25) is 0 Å². The third-order valence-electron chi connectivity index (χ3n) is 2.81. The van der Waals surface area contributed by atoms with Crippen molar-refractivity contribution in [3.63, 3.8) is 0 Å². The first-order valence-corrected chi connectivity index (χ1v) is 5.40. The Labute approximate surface area is 90.3 Å². The van der Waals surface area contributed by atoms with Crippen LogP contribution in [0, 0.1) is 5.92 Å². The van der Waals surface area contributed by atoms with Gasteiger partial charge in [-0.2, -0.15) is 0 Å². The predicted octanol–water partition coefficient (Wildman–Crippen LogP) is 2.52. The van der Waals surface area contributed by atoms with Crippen molar-refractivity contribution in [1.29, 1.82) is 0 Å². The van der Waals surface area contributed by atoms with E-state index < -0.39 is 0 Å². The monoisotopic (exact) mass is 204 g/mol. The second kappa shape index (κ2) is 4.15. The van der Waals surface area contributed by atoms with E-state index in [1.54, 1.807) is 0 Å². The molecule has 0 amide bonds. The molecule has 1 aromatic rings. The third-order valence-corrected chi connectivity index (χ3v) is 2.81. The molecule has 0 radical (unpaired) electrons. The van der Waals surface area contributed by atoms with E-state index in [0.29, 0.717) is 18.4 Å². The van der Waals surface area contributed by atoms with Gasteiger partial charge < -0.3 is 9.53 Å². The Hall–Kier alpha value is -1.15. The van der Waals surface area contributed by atoms with Gasteiger partial charge in [-0.25, -0.2) is 0 Å². The van der Waals surface area contributed by atoms with E-state index in [0.717, 1.165) is 11.8 Å². The molecule has 0 aliphatic carbocycles. The van der Waals surface area contributed by atoms with Gasteiger partial charge in [-0.1, -0.05) is 38.1 Å². The van der Waals surface area contributed by atoms with Gasteiger partial charge in [0.15, 0.2) is 0 Å². The predicted molar refractivity (Wildman–Crippen MR) is 58.7 cm³/mol. The van der Waals surface area contributed by atoms with Crippen LogP contribution in [0.2, 0.25) is 0 Å². The molecule has 0 saturated carbocycles. The molecule has 1 fully saturated rings. The zero-order chi connectivity index (χ0) is 10.8. The normalized spacial score (nSPS) is 24.2. The second-order valence-electron chi connectivity index (χ2n) is 4.38. The summed E-state index contributed by atoms with van der Waals surface area (Å²) in [5.41, 5.74) is 2.29. The molecule has 0 unspecified atom stereocenters. The molecular weight excluding hydrogens is 188 g/mol. The minimum absolute atomic E-state index is 0.273. The molecule has 2 nitrogen and oxygen atoms in total. The summed E-state index contributed by atoms with van der Waals surface area (Å²) in [5.74, 6) is 0.574. The molecule has 1 aromatic carbocycles. The Morgan fingerprint density at radius 1 is 1.33 bits per heavy atom. The lowest BCUT2D eigenvalue weighted by Crippen LogP contribution is -1.98. The highest BCUT2D eigenvalue weighted by Crippen LogP contribution is 2.42. The van der Waals surface area contributed by atoms with Gasteiger partial charge in [0.05, 0.1) is 6.10 Å². The molecule has 15 heavy (non-hydrogen) atoms. The minimum atomic E-state index is 0.273. The lowest BCUT2D eigenvalue weighted by molar-refractivity contribution is -0.107. The number of epoxide rings is 1.